The van der Waals surface area contributed by atoms with Gasteiger partial charge in [0.25, 0.3) is 0 Å². The average Bonchev–Trinajstić information content (AvgIpc) is 3.13. The molecule has 142 valence electrons. The molecule has 0 fully saturated rings. The van der Waals surface area contributed by atoms with Gasteiger partial charge in [-0.05, 0) is 18.1 Å². The molecule has 28 heavy (non-hydrogen) atoms. The van der Waals surface area contributed by atoms with E-state index in [0.29, 0.717) is 0 Å². The molecule has 4 rings (SSSR count). The van der Waals surface area contributed by atoms with Gasteiger partial charge in [-0.25, -0.2) is 4.98 Å². The molecule has 4 heteroatoms. The molecule has 0 aliphatic rings. The third-order valence-electron chi connectivity index (χ3n) is 4.99. The molecule has 1 N–H and O–H groups in total. The minimum atomic E-state index is -0.0631. The van der Waals surface area contributed by atoms with Crippen molar-refractivity contribution in [3.05, 3.63) is 84.2 Å². The molecule has 0 aliphatic carbocycles. The second kappa shape index (κ2) is 7.12. The number of anilines is 1. The molecule has 1 atom stereocenters. The second-order valence-electron chi connectivity index (χ2n) is 8.21. The van der Waals surface area contributed by atoms with Gasteiger partial charge in [-0.3, -0.25) is 0 Å². The number of rotatable bonds is 4. The van der Waals surface area contributed by atoms with Gasteiger partial charge in [-0.2, -0.15) is 9.61 Å². The Morgan fingerprint density at radius 2 is 1.57 bits per heavy atom. The van der Waals surface area contributed by atoms with Crippen LogP contribution in [0.1, 0.15) is 45.0 Å². The summed E-state index contributed by atoms with van der Waals surface area (Å²) >= 11 is 0. The molecule has 0 aliphatic heterocycles. The Kier molecular flexibility index (Phi) is 4.63. The number of hydrogen-bond acceptors (Lipinski definition) is 3. The lowest BCUT2D eigenvalue weighted by atomic mass is 9.92. The first-order valence-corrected chi connectivity index (χ1v) is 9.69. The average molecular weight is 371 g/mol. The molecule has 4 aromatic rings. The van der Waals surface area contributed by atoms with E-state index in [1.54, 1.807) is 0 Å². The van der Waals surface area contributed by atoms with Crippen LogP contribution in [0.2, 0.25) is 0 Å². The molecule has 2 aromatic heterocycles. The zero-order valence-corrected chi connectivity index (χ0v) is 16.8. The quantitative estimate of drug-likeness (QED) is 0.489. The summed E-state index contributed by atoms with van der Waals surface area (Å²) in [5.41, 5.74) is 5.26. The highest BCUT2D eigenvalue weighted by Crippen LogP contribution is 2.30. The second-order valence-corrected chi connectivity index (χ2v) is 8.21. The summed E-state index contributed by atoms with van der Waals surface area (Å²) in [6.45, 7) is 8.73. The van der Waals surface area contributed by atoms with Crippen LogP contribution in [0.3, 0.4) is 0 Å². The van der Waals surface area contributed by atoms with Gasteiger partial charge in [0.1, 0.15) is 5.82 Å². The van der Waals surface area contributed by atoms with Crippen LogP contribution in [0.25, 0.3) is 16.8 Å². The highest BCUT2D eigenvalue weighted by molar-refractivity contribution is 5.78. The number of benzene rings is 2. The lowest BCUT2D eigenvalue weighted by Crippen LogP contribution is -2.17. The first-order valence-electron chi connectivity index (χ1n) is 9.69. The Labute approximate surface area is 166 Å². The van der Waals surface area contributed by atoms with Crippen LogP contribution in [-0.2, 0) is 5.41 Å². The molecule has 0 saturated carbocycles. The summed E-state index contributed by atoms with van der Waals surface area (Å²) in [4.78, 5) is 4.98. The van der Waals surface area contributed by atoms with Crippen molar-refractivity contribution in [2.75, 3.05) is 5.32 Å². The van der Waals surface area contributed by atoms with E-state index in [-0.39, 0.29) is 11.5 Å². The van der Waals surface area contributed by atoms with Gasteiger partial charge >= 0.3 is 0 Å². The van der Waals surface area contributed by atoms with Crippen molar-refractivity contribution in [1.82, 2.24) is 14.6 Å². The van der Waals surface area contributed by atoms with E-state index in [1.165, 1.54) is 5.56 Å². The maximum Gasteiger partial charge on any atom is 0.165 e. The lowest BCUT2D eigenvalue weighted by molar-refractivity contribution is 0.568. The molecule has 4 nitrogen and oxygen atoms in total. The molecule has 0 bridgehead atoms. The Morgan fingerprint density at radius 3 is 2.21 bits per heavy atom. The zero-order chi connectivity index (χ0) is 19.7. The first kappa shape index (κ1) is 18.2. The predicted molar refractivity (Wildman–Crippen MR) is 116 cm³/mol. The van der Waals surface area contributed by atoms with Crippen molar-refractivity contribution in [3.63, 3.8) is 0 Å². The van der Waals surface area contributed by atoms with Crippen LogP contribution < -0.4 is 5.32 Å². The molecule has 2 aromatic carbocycles. The van der Waals surface area contributed by atoms with Gasteiger partial charge in [-0.15, -0.1) is 0 Å². The summed E-state index contributed by atoms with van der Waals surface area (Å²) in [7, 11) is 0. The van der Waals surface area contributed by atoms with Crippen LogP contribution in [0.15, 0.2) is 72.9 Å². The summed E-state index contributed by atoms with van der Waals surface area (Å²) in [5, 5.41) is 8.30. The van der Waals surface area contributed by atoms with Gasteiger partial charge < -0.3 is 5.32 Å². The fourth-order valence-corrected chi connectivity index (χ4v) is 3.32. The zero-order valence-electron chi connectivity index (χ0n) is 16.8. The van der Waals surface area contributed by atoms with E-state index in [1.807, 2.05) is 35.0 Å². The monoisotopic (exact) mass is 370 g/mol. The summed E-state index contributed by atoms with van der Waals surface area (Å²) in [6, 6.07) is 23.0. The molecule has 0 unspecified atom stereocenters. The van der Waals surface area contributed by atoms with Gasteiger partial charge in [0.15, 0.2) is 5.65 Å². The van der Waals surface area contributed by atoms with Gasteiger partial charge in [0.2, 0.25) is 0 Å². The maximum atomic E-state index is 4.98. The fraction of sp³-hybridized carbons (Fsp3) is 0.250. The molecular formula is C24H26N4. The van der Waals surface area contributed by atoms with Crippen molar-refractivity contribution in [1.29, 1.82) is 0 Å². The van der Waals surface area contributed by atoms with E-state index in [4.69, 9.17) is 4.98 Å². The third kappa shape index (κ3) is 3.50. The minimum absolute atomic E-state index is 0.0631. The van der Waals surface area contributed by atoms with E-state index in [9.17, 15) is 0 Å². The summed E-state index contributed by atoms with van der Waals surface area (Å²) < 4.78 is 1.91. The van der Waals surface area contributed by atoms with Crippen LogP contribution in [0, 0.1) is 0 Å². The summed E-state index contributed by atoms with van der Waals surface area (Å²) in [5.74, 6) is 0.952. The van der Waals surface area contributed by atoms with Crippen molar-refractivity contribution in [3.8, 4) is 11.1 Å². The number of aromatic nitrogens is 3. The Balaban J connectivity index is 1.84. The highest BCUT2D eigenvalue weighted by atomic mass is 15.3. The van der Waals surface area contributed by atoms with Gasteiger partial charge in [0.05, 0.1) is 11.9 Å². The van der Waals surface area contributed by atoms with E-state index < -0.39 is 0 Å². The Bertz CT molecular complexity index is 1080. The van der Waals surface area contributed by atoms with Gasteiger partial charge in [0, 0.05) is 23.1 Å². The predicted octanol–water partition coefficient (Wildman–Crippen LogP) is 5.87. The number of nitrogens with zero attached hydrogens (tertiary/aromatic N) is 3. The van der Waals surface area contributed by atoms with E-state index >= 15 is 0 Å². The maximum absolute atomic E-state index is 4.98. The van der Waals surface area contributed by atoms with Crippen molar-refractivity contribution >= 4 is 11.5 Å². The topological polar surface area (TPSA) is 42.2 Å². The van der Waals surface area contributed by atoms with Crippen LogP contribution in [0.4, 0.5) is 5.82 Å². The Morgan fingerprint density at radius 1 is 0.929 bits per heavy atom. The SMILES string of the molecule is C[C@@H](Nc1cc(C(C)(C)C)nc2c(-c3ccccc3)cnn12)c1ccccc1. The summed E-state index contributed by atoms with van der Waals surface area (Å²) in [6.07, 6.45) is 1.91. The molecule has 0 spiro atoms. The number of nitrogens with one attached hydrogen (secondary N) is 1. The first-order chi connectivity index (χ1) is 13.4. The lowest BCUT2D eigenvalue weighted by Gasteiger charge is -2.22. The number of hydrogen-bond donors (Lipinski definition) is 1. The van der Waals surface area contributed by atoms with Crippen LogP contribution in [0.5, 0.6) is 0 Å². The van der Waals surface area contributed by atoms with E-state index in [2.05, 4.69) is 80.6 Å². The number of fused-ring (bicyclic) bond motifs is 1. The van der Waals surface area contributed by atoms with Crippen LogP contribution >= 0.6 is 0 Å². The van der Waals surface area contributed by atoms with Crippen molar-refractivity contribution < 1.29 is 0 Å². The normalized spacial score (nSPS) is 12.9. The van der Waals surface area contributed by atoms with E-state index in [0.717, 1.165) is 28.3 Å². The molecule has 2 heterocycles. The molecular weight excluding hydrogens is 344 g/mol. The van der Waals surface area contributed by atoms with Crippen LogP contribution in [-0.4, -0.2) is 14.6 Å². The molecule has 0 amide bonds. The minimum Gasteiger partial charge on any atom is -0.363 e. The smallest absolute Gasteiger partial charge is 0.165 e. The highest BCUT2D eigenvalue weighted by Gasteiger charge is 2.21. The van der Waals surface area contributed by atoms with Crippen molar-refractivity contribution in [2.45, 2.75) is 39.2 Å². The Hall–Kier alpha value is -3.14. The largest absolute Gasteiger partial charge is 0.363 e. The van der Waals surface area contributed by atoms with Crippen molar-refractivity contribution in [2.24, 2.45) is 0 Å². The molecule has 0 saturated heterocycles. The fourth-order valence-electron chi connectivity index (χ4n) is 3.32. The standard InChI is InChI=1S/C24H26N4/c1-17(18-11-7-5-8-12-18)26-22-15-21(24(2,3)4)27-23-20(16-25-28(22)23)19-13-9-6-10-14-19/h5-17,26H,1-4H3/t17-/m1/s1. The van der Waals surface area contributed by atoms with Gasteiger partial charge in [-0.1, -0.05) is 81.4 Å². The third-order valence-corrected chi connectivity index (χ3v) is 4.99. The molecule has 0 radical (unpaired) electrons.